The Bertz CT molecular complexity index is 1090. The molecule has 1 aromatic heterocycles. The summed E-state index contributed by atoms with van der Waals surface area (Å²) in [4.78, 5) is 16.8. The lowest BCUT2D eigenvalue weighted by molar-refractivity contribution is -0.0220. The Labute approximate surface area is 180 Å². The van der Waals surface area contributed by atoms with Crippen LogP contribution in [-0.4, -0.2) is 54.3 Å². The molecule has 4 rings (SSSR count). The molecule has 1 aromatic carbocycles. The van der Waals surface area contributed by atoms with Crippen LogP contribution in [0.4, 0.5) is 14.5 Å². The topological polar surface area (TPSA) is 75.5 Å². The number of alkyl halides is 2. The van der Waals surface area contributed by atoms with Gasteiger partial charge in [0.15, 0.2) is 9.84 Å². The van der Waals surface area contributed by atoms with Crippen molar-refractivity contribution in [1.82, 2.24) is 14.7 Å². The molecule has 0 saturated carbocycles. The highest BCUT2D eigenvalue weighted by molar-refractivity contribution is 7.90. The highest BCUT2D eigenvalue weighted by Crippen LogP contribution is 2.34. The number of halogens is 2. The molecule has 0 N–H and O–H groups in total. The van der Waals surface area contributed by atoms with E-state index in [0.29, 0.717) is 18.8 Å². The van der Waals surface area contributed by atoms with Crippen LogP contribution in [-0.2, 0) is 22.9 Å². The maximum atomic E-state index is 13.6. The minimum absolute atomic E-state index is 0.0314. The van der Waals surface area contributed by atoms with Crippen LogP contribution in [0.2, 0.25) is 0 Å². The van der Waals surface area contributed by atoms with Crippen molar-refractivity contribution in [2.75, 3.05) is 24.2 Å². The molecule has 0 radical (unpaired) electrons. The van der Waals surface area contributed by atoms with E-state index in [1.54, 1.807) is 15.9 Å². The third-order valence-electron chi connectivity index (χ3n) is 5.88. The summed E-state index contributed by atoms with van der Waals surface area (Å²) >= 11 is 0. The summed E-state index contributed by atoms with van der Waals surface area (Å²) < 4.78 is 53.3. The molecular formula is C21H26F2N4O3S. The van der Waals surface area contributed by atoms with Crippen LogP contribution >= 0.6 is 0 Å². The van der Waals surface area contributed by atoms with Crippen molar-refractivity contribution in [3.8, 4) is 0 Å². The molecule has 168 valence electrons. The summed E-state index contributed by atoms with van der Waals surface area (Å²) in [6.45, 7) is 4.96. The Kier molecular flexibility index (Phi) is 5.31. The first kappa shape index (κ1) is 21.7. The normalized spacial score (nSPS) is 18.5. The van der Waals surface area contributed by atoms with E-state index in [1.165, 1.54) is 12.1 Å². The van der Waals surface area contributed by atoms with E-state index < -0.39 is 15.8 Å². The van der Waals surface area contributed by atoms with Crippen molar-refractivity contribution in [1.29, 1.82) is 0 Å². The molecule has 1 saturated heterocycles. The van der Waals surface area contributed by atoms with E-state index in [2.05, 4.69) is 5.10 Å². The lowest BCUT2D eigenvalue weighted by atomic mass is 10.0. The van der Waals surface area contributed by atoms with Gasteiger partial charge in [0.25, 0.3) is 11.8 Å². The fraction of sp³-hybridized carbons (Fsp3) is 0.524. The minimum atomic E-state index is -3.53. The van der Waals surface area contributed by atoms with Crippen LogP contribution in [0.25, 0.3) is 0 Å². The zero-order valence-electron chi connectivity index (χ0n) is 17.8. The van der Waals surface area contributed by atoms with Gasteiger partial charge in [-0.25, -0.2) is 17.2 Å². The van der Waals surface area contributed by atoms with Gasteiger partial charge in [0, 0.05) is 62.2 Å². The summed E-state index contributed by atoms with van der Waals surface area (Å²) in [5.74, 6) is -3.04. The standard InChI is InChI=1S/C21H26F2N4O3S/c1-14(2)27-12-15-11-26(13-18(15)24-27)20(28)17-10-16(31(3,29)30)4-5-19(17)25-8-6-21(22,23)7-9-25/h4-5,10,12,14H,6-9,11,13H2,1-3H3. The Morgan fingerprint density at radius 2 is 1.84 bits per heavy atom. The van der Waals surface area contributed by atoms with Crippen LogP contribution in [0.1, 0.15) is 54.3 Å². The number of benzene rings is 1. The molecule has 2 aliphatic heterocycles. The largest absolute Gasteiger partial charge is 0.370 e. The predicted octanol–water partition coefficient (Wildman–Crippen LogP) is 3.26. The molecule has 0 atom stereocenters. The van der Waals surface area contributed by atoms with Gasteiger partial charge in [-0.05, 0) is 32.0 Å². The number of nitrogens with zero attached hydrogens (tertiary/aromatic N) is 4. The fourth-order valence-corrected chi connectivity index (χ4v) is 4.67. The third-order valence-corrected chi connectivity index (χ3v) is 6.99. The minimum Gasteiger partial charge on any atom is -0.370 e. The van der Waals surface area contributed by atoms with Gasteiger partial charge in [-0.2, -0.15) is 5.10 Å². The van der Waals surface area contributed by atoms with Crippen molar-refractivity contribution in [2.45, 2.75) is 56.6 Å². The van der Waals surface area contributed by atoms with Gasteiger partial charge in [-0.15, -0.1) is 0 Å². The summed E-state index contributed by atoms with van der Waals surface area (Å²) in [6.07, 6.45) is 2.41. The summed E-state index contributed by atoms with van der Waals surface area (Å²) in [5, 5.41) is 4.53. The van der Waals surface area contributed by atoms with Crippen molar-refractivity contribution >= 4 is 21.4 Å². The van der Waals surface area contributed by atoms with Crippen LogP contribution in [0, 0.1) is 0 Å². The zero-order valence-corrected chi connectivity index (χ0v) is 18.6. The first-order valence-corrected chi connectivity index (χ1v) is 12.2. The number of aromatic nitrogens is 2. The second kappa shape index (κ2) is 7.58. The average Bonchev–Trinajstić information content (AvgIpc) is 3.26. The second-order valence-corrected chi connectivity index (χ2v) is 10.6. The highest BCUT2D eigenvalue weighted by Gasteiger charge is 2.36. The summed E-state index contributed by atoms with van der Waals surface area (Å²) in [6, 6.07) is 4.57. The van der Waals surface area contributed by atoms with Crippen LogP contribution in [0.15, 0.2) is 29.3 Å². The molecular weight excluding hydrogens is 426 g/mol. The summed E-state index contributed by atoms with van der Waals surface area (Å²) in [5.41, 5.74) is 2.49. The Morgan fingerprint density at radius 1 is 1.16 bits per heavy atom. The number of amides is 1. The Hall–Kier alpha value is -2.49. The number of carbonyl (C=O) groups is 1. The molecule has 2 aliphatic rings. The maximum absolute atomic E-state index is 13.6. The Balaban J connectivity index is 1.65. The van der Waals surface area contributed by atoms with Gasteiger partial charge in [0.1, 0.15) is 0 Å². The van der Waals surface area contributed by atoms with Crippen LogP contribution in [0.3, 0.4) is 0 Å². The van der Waals surface area contributed by atoms with E-state index in [0.717, 1.165) is 17.5 Å². The number of anilines is 1. The smallest absolute Gasteiger partial charge is 0.256 e. The number of rotatable bonds is 4. The lowest BCUT2D eigenvalue weighted by Gasteiger charge is -2.35. The quantitative estimate of drug-likeness (QED) is 0.712. The van der Waals surface area contributed by atoms with Crippen molar-refractivity contribution in [3.05, 3.63) is 41.2 Å². The molecule has 10 heteroatoms. The molecule has 3 heterocycles. The van der Waals surface area contributed by atoms with E-state index in [9.17, 15) is 22.0 Å². The lowest BCUT2D eigenvalue weighted by Crippen LogP contribution is -2.40. The number of fused-ring (bicyclic) bond motifs is 1. The van der Waals surface area contributed by atoms with Gasteiger partial charge >= 0.3 is 0 Å². The first-order chi connectivity index (χ1) is 14.4. The number of hydrogen-bond acceptors (Lipinski definition) is 5. The average molecular weight is 453 g/mol. The molecule has 0 aliphatic carbocycles. The first-order valence-electron chi connectivity index (χ1n) is 10.3. The third kappa shape index (κ3) is 4.30. The Morgan fingerprint density at radius 3 is 2.42 bits per heavy atom. The van der Waals surface area contributed by atoms with Gasteiger partial charge in [0.2, 0.25) is 0 Å². The molecule has 1 fully saturated rings. The molecule has 1 amide bonds. The predicted molar refractivity (Wildman–Crippen MR) is 112 cm³/mol. The molecule has 31 heavy (non-hydrogen) atoms. The van der Waals surface area contributed by atoms with Crippen molar-refractivity contribution in [3.63, 3.8) is 0 Å². The van der Waals surface area contributed by atoms with Gasteiger partial charge < -0.3 is 9.80 Å². The number of piperidine rings is 1. The molecule has 7 nitrogen and oxygen atoms in total. The number of hydrogen-bond donors (Lipinski definition) is 0. The van der Waals surface area contributed by atoms with Crippen LogP contribution < -0.4 is 4.90 Å². The molecule has 2 aromatic rings. The summed E-state index contributed by atoms with van der Waals surface area (Å²) in [7, 11) is -3.53. The molecule has 0 unspecified atom stereocenters. The highest BCUT2D eigenvalue weighted by atomic mass is 32.2. The monoisotopic (exact) mass is 452 g/mol. The van der Waals surface area contributed by atoms with E-state index in [1.807, 2.05) is 24.7 Å². The van der Waals surface area contributed by atoms with Crippen LogP contribution in [0.5, 0.6) is 0 Å². The molecule has 0 bridgehead atoms. The zero-order chi connectivity index (χ0) is 22.6. The van der Waals surface area contributed by atoms with E-state index in [-0.39, 0.29) is 48.3 Å². The van der Waals surface area contributed by atoms with E-state index >= 15 is 0 Å². The van der Waals surface area contributed by atoms with Gasteiger partial charge in [-0.1, -0.05) is 0 Å². The van der Waals surface area contributed by atoms with E-state index in [4.69, 9.17) is 0 Å². The van der Waals surface area contributed by atoms with Crippen molar-refractivity contribution in [2.24, 2.45) is 0 Å². The number of sulfone groups is 1. The fourth-order valence-electron chi connectivity index (χ4n) is 4.02. The van der Waals surface area contributed by atoms with Gasteiger partial charge in [-0.3, -0.25) is 9.48 Å². The SMILES string of the molecule is CC(C)n1cc2c(n1)CN(C(=O)c1cc(S(C)(=O)=O)ccc1N1CCC(F)(F)CC1)C2. The number of carbonyl (C=O) groups excluding carboxylic acids is 1. The van der Waals surface area contributed by atoms with Crippen molar-refractivity contribution < 1.29 is 22.0 Å². The molecule has 0 spiro atoms. The maximum Gasteiger partial charge on any atom is 0.256 e. The second-order valence-electron chi connectivity index (χ2n) is 8.63. The van der Waals surface area contributed by atoms with Gasteiger partial charge in [0.05, 0.1) is 22.7 Å².